The van der Waals surface area contributed by atoms with Crippen LogP contribution in [0.4, 0.5) is 18.9 Å². The summed E-state index contributed by atoms with van der Waals surface area (Å²) in [6, 6.07) is 4.29. The predicted molar refractivity (Wildman–Crippen MR) is 104 cm³/mol. The molecule has 30 heavy (non-hydrogen) atoms. The largest absolute Gasteiger partial charge is 0.417 e. The molecular weight excluding hydrogens is 397 g/mol. The maximum absolute atomic E-state index is 13.1. The molecule has 1 heterocycles. The predicted octanol–water partition coefficient (Wildman–Crippen LogP) is 3.90. The zero-order valence-electron chi connectivity index (χ0n) is 16.1. The fourth-order valence-electron chi connectivity index (χ4n) is 3.07. The third kappa shape index (κ3) is 4.78. The Morgan fingerprint density at radius 3 is 2.80 bits per heavy atom. The highest BCUT2D eigenvalue weighted by Crippen LogP contribution is 2.33. The van der Waals surface area contributed by atoms with Gasteiger partial charge in [0.25, 0.3) is 5.91 Å². The number of nitriles is 1. The lowest BCUT2D eigenvalue weighted by molar-refractivity contribution is -0.138. The lowest BCUT2D eigenvalue weighted by atomic mass is 10.0. The summed E-state index contributed by atoms with van der Waals surface area (Å²) in [5.74, 6) is -0.891. The summed E-state index contributed by atoms with van der Waals surface area (Å²) >= 11 is 0. The van der Waals surface area contributed by atoms with Gasteiger partial charge in [-0.25, -0.2) is 0 Å². The van der Waals surface area contributed by atoms with Crippen LogP contribution in [0.1, 0.15) is 36.5 Å². The Hall–Kier alpha value is -3.38. The Balaban J connectivity index is 1.74. The first-order valence-electron chi connectivity index (χ1n) is 9.14. The molecule has 0 spiro atoms. The van der Waals surface area contributed by atoms with Crippen LogP contribution in [0.2, 0.25) is 0 Å². The van der Waals surface area contributed by atoms with Gasteiger partial charge >= 0.3 is 6.18 Å². The number of carbonyl (C=O) groups excluding carboxylic acids is 1. The molecule has 0 saturated carbocycles. The standard InChI is InChI=1S/C21H19F3N4O2/c1-20(30,13-28-12-16(11-26-28)14-5-3-2-4-6-14)19(29)27-17-8-7-15(10-25)18(9-17)21(22,23)24/h2-3,5,7-9,11-12,30H,4,6,13H2,1H3,(H,27,29)/t20-/m0/s1. The van der Waals surface area contributed by atoms with E-state index in [4.69, 9.17) is 5.26 Å². The molecule has 0 bridgehead atoms. The first-order chi connectivity index (χ1) is 14.1. The van der Waals surface area contributed by atoms with Gasteiger partial charge in [-0.1, -0.05) is 18.2 Å². The molecule has 1 amide bonds. The fraction of sp³-hybridized carbons (Fsp3) is 0.286. The summed E-state index contributed by atoms with van der Waals surface area (Å²) in [5.41, 5.74) is -1.86. The molecule has 156 valence electrons. The van der Waals surface area contributed by atoms with E-state index in [0.29, 0.717) is 6.07 Å². The summed E-state index contributed by atoms with van der Waals surface area (Å²) in [6.07, 6.45) is 6.34. The Labute approximate surface area is 170 Å². The van der Waals surface area contributed by atoms with Crippen LogP contribution in [0.25, 0.3) is 5.57 Å². The van der Waals surface area contributed by atoms with Crippen molar-refractivity contribution in [2.45, 2.75) is 38.1 Å². The minimum atomic E-state index is -4.75. The number of rotatable bonds is 5. The van der Waals surface area contributed by atoms with Crippen LogP contribution in [0, 0.1) is 11.3 Å². The molecule has 0 aliphatic heterocycles. The fourth-order valence-corrected chi connectivity index (χ4v) is 3.07. The quantitative estimate of drug-likeness (QED) is 0.774. The van der Waals surface area contributed by atoms with E-state index in [-0.39, 0.29) is 12.2 Å². The molecule has 1 aromatic heterocycles. The van der Waals surface area contributed by atoms with E-state index >= 15 is 0 Å². The number of aromatic nitrogens is 2. The summed E-state index contributed by atoms with van der Waals surface area (Å²) in [6.45, 7) is 1.06. The number of hydrogen-bond donors (Lipinski definition) is 2. The van der Waals surface area contributed by atoms with Gasteiger partial charge in [-0.2, -0.15) is 23.5 Å². The minimum absolute atomic E-state index is 0.174. The first kappa shape index (κ1) is 21.3. The number of carbonyl (C=O) groups is 1. The van der Waals surface area contributed by atoms with Gasteiger partial charge in [0, 0.05) is 17.4 Å². The van der Waals surface area contributed by atoms with E-state index in [1.165, 1.54) is 23.7 Å². The Morgan fingerprint density at radius 1 is 1.40 bits per heavy atom. The van der Waals surface area contributed by atoms with Crippen LogP contribution in [0.3, 0.4) is 0 Å². The summed E-state index contributed by atoms with van der Waals surface area (Å²) in [5, 5.41) is 25.9. The monoisotopic (exact) mass is 416 g/mol. The SMILES string of the molecule is C[C@](O)(Cn1cc(C2=CC=CCC2)cn1)C(=O)Nc1ccc(C#N)c(C(F)(F)F)c1. The molecule has 2 aromatic rings. The average Bonchev–Trinajstić information content (AvgIpc) is 3.15. The Morgan fingerprint density at radius 2 is 2.17 bits per heavy atom. The molecule has 0 radical (unpaired) electrons. The van der Waals surface area contributed by atoms with Gasteiger partial charge in [0.05, 0.1) is 29.9 Å². The molecule has 3 rings (SSSR count). The van der Waals surface area contributed by atoms with Crippen LogP contribution < -0.4 is 5.32 Å². The average molecular weight is 416 g/mol. The summed E-state index contributed by atoms with van der Waals surface area (Å²) in [7, 11) is 0. The summed E-state index contributed by atoms with van der Waals surface area (Å²) < 4.78 is 40.7. The second-order valence-corrected chi connectivity index (χ2v) is 7.18. The van der Waals surface area contributed by atoms with Crippen molar-refractivity contribution < 1.29 is 23.1 Å². The third-order valence-corrected chi connectivity index (χ3v) is 4.68. The zero-order valence-corrected chi connectivity index (χ0v) is 16.1. The van der Waals surface area contributed by atoms with Gasteiger partial charge in [0.1, 0.15) is 0 Å². The number of hydrogen-bond acceptors (Lipinski definition) is 4. The Kier molecular flexibility index (Phi) is 5.80. The zero-order chi connectivity index (χ0) is 21.9. The molecular formula is C21H19F3N4O2. The van der Waals surface area contributed by atoms with Gasteiger partial charge in [0.15, 0.2) is 5.60 Å². The van der Waals surface area contributed by atoms with Crippen LogP contribution in [0.5, 0.6) is 0 Å². The van der Waals surface area contributed by atoms with Crippen molar-refractivity contribution in [1.82, 2.24) is 9.78 Å². The van der Waals surface area contributed by atoms with Gasteiger partial charge in [-0.3, -0.25) is 9.48 Å². The van der Waals surface area contributed by atoms with Crippen molar-refractivity contribution in [1.29, 1.82) is 5.26 Å². The first-order valence-corrected chi connectivity index (χ1v) is 9.14. The van der Waals surface area contributed by atoms with E-state index in [1.54, 1.807) is 12.4 Å². The van der Waals surface area contributed by atoms with Crippen molar-refractivity contribution in [3.8, 4) is 6.07 Å². The molecule has 1 aromatic carbocycles. The summed E-state index contributed by atoms with van der Waals surface area (Å²) in [4.78, 5) is 12.5. The van der Waals surface area contributed by atoms with Crippen LogP contribution in [-0.4, -0.2) is 26.4 Å². The molecule has 0 fully saturated rings. The van der Waals surface area contributed by atoms with E-state index in [2.05, 4.69) is 16.5 Å². The van der Waals surface area contributed by atoms with E-state index in [1.807, 2.05) is 12.2 Å². The number of aliphatic hydroxyl groups is 1. The Bertz CT molecular complexity index is 1060. The topological polar surface area (TPSA) is 90.9 Å². The number of anilines is 1. The smallest absolute Gasteiger partial charge is 0.378 e. The highest BCUT2D eigenvalue weighted by Gasteiger charge is 2.35. The van der Waals surface area contributed by atoms with Gasteiger partial charge in [0.2, 0.25) is 0 Å². The molecule has 1 aliphatic rings. The minimum Gasteiger partial charge on any atom is -0.378 e. The van der Waals surface area contributed by atoms with Crippen molar-refractivity contribution in [3.63, 3.8) is 0 Å². The second kappa shape index (κ2) is 8.16. The lowest BCUT2D eigenvalue weighted by Gasteiger charge is -2.22. The number of alkyl halides is 3. The number of benzene rings is 1. The normalized spacial score (nSPS) is 15.8. The number of nitrogens with one attached hydrogen (secondary N) is 1. The van der Waals surface area contributed by atoms with E-state index < -0.39 is 28.8 Å². The molecule has 1 aliphatic carbocycles. The number of halogens is 3. The highest BCUT2D eigenvalue weighted by atomic mass is 19.4. The van der Waals surface area contributed by atoms with Crippen molar-refractivity contribution in [2.75, 3.05) is 5.32 Å². The van der Waals surface area contributed by atoms with Gasteiger partial charge < -0.3 is 10.4 Å². The number of nitrogens with zero attached hydrogens (tertiary/aromatic N) is 3. The van der Waals surface area contributed by atoms with E-state index in [9.17, 15) is 23.1 Å². The van der Waals surface area contributed by atoms with Crippen molar-refractivity contribution in [3.05, 3.63) is 65.5 Å². The molecule has 0 saturated heterocycles. The maximum Gasteiger partial charge on any atom is 0.417 e. The van der Waals surface area contributed by atoms with Crippen LogP contribution >= 0.6 is 0 Å². The van der Waals surface area contributed by atoms with E-state index in [0.717, 1.165) is 30.0 Å². The van der Waals surface area contributed by atoms with Crippen molar-refractivity contribution >= 4 is 17.2 Å². The van der Waals surface area contributed by atoms with Crippen LogP contribution in [0.15, 0.2) is 48.8 Å². The maximum atomic E-state index is 13.1. The van der Waals surface area contributed by atoms with Gasteiger partial charge in [-0.05, 0) is 43.5 Å². The molecule has 9 heteroatoms. The molecule has 2 N–H and O–H groups in total. The lowest BCUT2D eigenvalue weighted by Crippen LogP contribution is -2.43. The molecule has 0 unspecified atom stereocenters. The molecule has 1 atom stereocenters. The second-order valence-electron chi connectivity index (χ2n) is 7.18. The van der Waals surface area contributed by atoms with Crippen LogP contribution in [-0.2, 0) is 17.5 Å². The highest BCUT2D eigenvalue weighted by molar-refractivity contribution is 5.96. The number of allylic oxidation sites excluding steroid dienone is 4. The van der Waals surface area contributed by atoms with Gasteiger partial charge in [-0.15, -0.1) is 0 Å². The number of amides is 1. The van der Waals surface area contributed by atoms with Crippen molar-refractivity contribution in [2.24, 2.45) is 0 Å². The third-order valence-electron chi connectivity index (χ3n) is 4.68. The molecule has 6 nitrogen and oxygen atoms in total.